The fourth-order valence-corrected chi connectivity index (χ4v) is 4.57. The SMILES string of the molecule is Cc1ccc2c(oc3cc4ccccc4cc32)c1-c1cc(-c2ccccc2)cc[n+]1C. The molecule has 0 aliphatic heterocycles. The van der Waals surface area contributed by atoms with Crippen LogP contribution < -0.4 is 4.57 Å². The van der Waals surface area contributed by atoms with Crippen molar-refractivity contribution in [1.82, 2.24) is 0 Å². The van der Waals surface area contributed by atoms with Crippen LogP contribution in [0.25, 0.3) is 55.1 Å². The third-order valence-corrected chi connectivity index (χ3v) is 6.23. The van der Waals surface area contributed by atoms with Crippen molar-refractivity contribution in [1.29, 1.82) is 0 Å². The summed E-state index contributed by atoms with van der Waals surface area (Å²) in [4.78, 5) is 0. The number of fused-ring (bicyclic) bond motifs is 4. The second kappa shape index (κ2) is 6.82. The van der Waals surface area contributed by atoms with Crippen molar-refractivity contribution in [2.45, 2.75) is 6.92 Å². The molecule has 6 rings (SSSR count). The predicted octanol–water partition coefficient (Wildman–Crippen LogP) is 7.21. The van der Waals surface area contributed by atoms with Crippen LogP contribution in [0.1, 0.15) is 5.56 Å². The molecule has 2 aromatic heterocycles. The highest BCUT2D eigenvalue weighted by Gasteiger charge is 2.21. The standard InChI is InChI=1S/C29H22NO/c1-19-12-13-24-25-16-21-10-6-7-11-22(21)18-27(25)31-29(24)28(19)26-17-23(14-15-30(26)2)20-8-4-3-5-9-20/h3-18H,1-2H3/q+1. The minimum atomic E-state index is 0.933. The number of hydrogen-bond donors (Lipinski definition) is 0. The minimum absolute atomic E-state index is 0.933. The lowest BCUT2D eigenvalue weighted by Crippen LogP contribution is -2.30. The zero-order valence-electron chi connectivity index (χ0n) is 17.6. The predicted molar refractivity (Wildman–Crippen MR) is 128 cm³/mol. The highest BCUT2D eigenvalue weighted by molar-refractivity contribution is 6.13. The molecule has 0 bridgehead atoms. The maximum absolute atomic E-state index is 6.51. The quantitative estimate of drug-likeness (QED) is 0.281. The summed E-state index contributed by atoms with van der Waals surface area (Å²) >= 11 is 0. The second-order valence-corrected chi connectivity index (χ2v) is 8.21. The molecule has 0 aliphatic rings. The highest BCUT2D eigenvalue weighted by atomic mass is 16.3. The summed E-state index contributed by atoms with van der Waals surface area (Å²) < 4.78 is 8.69. The van der Waals surface area contributed by atoms with Gasteiger partial charge in [0.25, 0.3) is 0 Å². The molecule has 4 aromatic carbocycles. The van der Waals surface area contributed by atoms with Crippen molar-refractivity contribution in [2.75, 3.05) is 0 Å². The largest absolute Gasteiger partial charge is 0.455 e. The topological polar surface area (TPSA) is 17.0 Å². The molecule has 2 nitrogen and oxygen atoms in total. The van der Waals surface area contributed by atoms with Crippen molar-refractivity contribution < 1.29 is 8.98 Å². The summed E-state index contributed by atoms with van der Waals surface area (Å²) in [6.07, 6.45) is 2.13. The first-order valence-electron chi connectivity index (χ1n) is 10.6. The van der Waals surface area contributed by atoms with Crippen molar-refractivity contribution in [2.24, 2.45) is 7.05 Å². The molecule has 148 valence electrons. The molecule has 2 heterocycles. The van der Waals surface area contributed by atoms with Gasteiger partial charge in [0.05, 0.1) is 5.56 Å². The number of pyridine rings is 1. The Balaban J connectivity index is 1.66. The normalized spacial score (nSPS) is 11.5. The second-order valence-electron chi connectivity index (χ2n) is 8.21. The Morgan fingerprint density at radius 3 is 2.23 bits per heavy atom. The van der Waals surface area contributed by atoms with E-state index in [1.54, 1.807) is 0 Å². The zero-order chi connectivity index (χ0) is 20.9. The number of aromatic nitrogens is 1. The molecular weight excluding hydrogens is 378 g/mol. The van der Waals surface area contributed by atoms with Gasteiger partial charge in [0.1, 0.15) is 18.2 Å². The Morgan fingerprint density at radius 2 is 1.42 bits per heavy atom. The van der Waals surface area contributed by atoms with E-state index < -0.39 is 0 Å². The molecule has 0 saturated heterocycles. The number of rotatable bonds is 2. The van der Waals surface area contributed by atoms with E-state index in [2.05, 4.69) is 116 Å². The lowest BCUT2D eigenvalue weighted by molar-refractivity contribution is -0.660. The van der Waals surface area contributed by atoms with Crippen molar-refractivity contribution in [3.8, 4) is 22.4 Å². The van der Waals surface area contributed by atoms with Crippen LogP contribution in [0.5, 0.6) is 0 Å². The molecule has 0 fully saturated rings. The first kappa shape index (κ1) is 17.9. The van der Waals surface area contributed by atoms with Crippen molar-refractivity contribution in [3.05, 3.63) is 103 Å². The average Bonchev–Trinajstić information content (AvgIpc) is 3.16. The van der Waals surface area contributed by atoms with Crippen LogP contribution >= 0.6 is 0 Å². The van der Waals surface area contributed by atoms with Crippen LogP contribution in [-0.2, 0) is 7.05 Å². The molecule has 0 saturated carbocycles. The van der Waals surface area contributed by atoms with Crippen LogP contribution in [0, 0.1) is 6.92 Å². The van der Waals surface area contributed by atoms with Gasteiger partial charge in [-0.1, -0.05) is 66.7 Å². The van der Waals surface area contributed by atoms with E-state index in [-0.39, 0.29) is 0 Å². The fourth-order valence-electron chi connectivity index (χ4n) is 4.57. The van der Waals surface area contributed by atoms with Gasteiger partial charge >= 0.3 is 0 Å². The molecule has 0 aliphatic carbocycles. The van der Waals surface area contributed by atoms with Crippen LogP contribution in [0.4, 0.5) is 0 Å². The fraction of sp³-hybridized carbons (Fsp3) is 0.0690. The monoisotopic (exact) mass is 400 g/mol. The van der Waals surface area contributed by atoms with Crippen LogP contribution in [0.2, 0.25) is 0 Å². The maximum Gasteiger partial charge on any atom is 0.216 e. The summed E-state index contributed by atoms with van der Waals surface area (Å²) in [5, 5.41) is 4.75. The molecular formula is C29H22NO+. The molecule has 6 aromatic rings. The summed E-state index contributed by atoms with van der Waals surface area (Å²) in [5.74, 6) is 0. The third-order valence-electron chi connectivity index (χ3n) is 6.23. The molecule has 0 N–H and O–H groups in total. The number of nitrogens with zero attached hydrogens (tertiary/aromatic N) is 1. The smallest absolute Gasteiger partial charge is 0.216 e. The first-order chi connectivity index (χ1) is 15.2. The molecule has 0 atom stereocenters. The average molecular weight is 401 g/mol. The van der Waals surface area contributed by atoms with E-state index in [1.807, 2.05) is 0 Å². The zero-order valence-corrected chi connectivity index (χ0v) is 17.6. The van der Waals surface area contributed by atoms with Crippen LogP contribution in [-0.4, -0.2) is 0 Å². The van der Waals surface area contributed by atoms with E-state index >= 15 is 0 Å². The van der Waals surface area contributed by atoms with Gasteiger partial charge in [0, 0.05) is 22.9 Å². The minimum Gasteiger partial charge on any atom is -0.455 e. The van der Waals surface area contributed by atoms with Gasteiger partial charge in [0.15, 0.2) is 6.20 Å². The number of aryl methyl sites for hydroxylation is 2. The van der Waals surface area contributed by atoms with Gasteiger partial charge in [-0.25, -0.2) is 4.57 Å². The highest BCUT2D eigenvalue weighted by Crippen LogP contribution is 2.39. The van der Waals surface area contributed by atoms with Crippen LogP contribution in [0.3, 0.4) is 0 Å². The Hall–Kier alpha value is -3.91. The first-order valence-corrected chi connectivity index (χ1v) is 10.6. The third kappa shape index (κ3) is 2.83. The molecule has 0 radical (unpaired) electrons. The Kier molecular flexibility index (Phi) is 3.94. The van der Waals surface area contributed by atoms with Crippen LogP contribution in [0.15, 0.2) is 102 Å². The van der Waals surface area contributed by atoms with E-state index in [0.29, 0.717) is 0 Å². The lowest BCUT2D eigenvalue weighted by atomic mass is 9.97. The summed E-state index contributed by atoms with van der Waals surface area (Å²) in [6.45, 7) is 2.16. The molecule has 0 spiro atoms. The van der Waals surface area contributed by atoms with E-state index in [1.165, 1.54) is 27.5 Å². The molecule has 2 heteroatoms. The van der Waals surface area contributed by atoms with Gasteiger partial charge in [-0.3, -0.25) is 0 Å². The number of benzene rings is 4. The van der Waals surface area contributed by atoms with Gasteiger partial charge in [0.2, 0.25) is 5.69 Å². The van der Waals surface area contributed by atoms with E-state index in [9.17, 15) is 0 Å². The number of furan rings is 1. The Bertz CT molecular complexity index is 1590. The van der Waals surface area contributed by atoms with Crippen molar-refractivity contribution in [3.63, 3.8) is 0 Å². The Morgan fingerprint density at radius 1 is 0.677 bits per heavy atom. The molecule has 31 heavy (non-hydrogen) atoms. The summed E-state index contributed by atoms with van der Waals surface area (Å²) in [5.41, 5.74) is 7.80. The maximum atomic E-state index is 6.51. The Labute approximate surface area is 181 Å². The molecule has 0 unspecified atom stereocenters. The van der Waals surface area contributed by atoms with Crippen molar-refractivity contribution >= 4 is 32.7 Å². The van der Waals surface area contributed by atoms with E-state index in [4.69, 9.17) is 4.42 Å². The van der Waals surface area contributed by atoms with Gasteiger partial charge in [-0.2, -0.15) is 0 Å². The van der Waals surface area contributed by atoms with Gasteiger partial charge in [-0.15, -0.1) is 0 Å². The lowest BCUT2D eigenvalue weighted by Gasteiger charge is -2.08. The van der Waals surface area contributed by atoms with Gasteiger partial charge < -0.3 is 4.42 Å². The molecule has 0 amide bonds. The number of hydrogen-bond acceptors (Lipinski definition) is 1. The summed E-state index contributed by atoms with van der Waals surface area (Å²) in [7, 11) is 2.10. The van der Waals surface area contributed by atoms with E-state index in [0.717, 1.165) is 33.2 Å². The van der Waals surface area contributed by atoms with Gasteiger partial charge in [-0.05, 0) is 46.5 Å². The summed E-state index contributed by atoms with van der Waals surface area (Å²) in [6, 6.07) is 32.2.